The van der Waals surface area contributed by atoms with Crippen molar-refractivity contribution in [3.63, 3.8) is 0 Å². The van der Waals surface area contributed by atoms with Gasteiger partial charge in [0.15, 0.2) is 0 Å². The first-order valence-electron chi connectivity index (χ1n) is 6.18. The topological polar surface area (TPSA) is 81.2 Å². The minimum absolute atomic E-state index is 0.0437. The van der Waals surface area contributed by atoms with Crippen molar-refractivity contribution in [2.24, 2.45) is 0 Å². The standard InChI is InChI=1S/C14H16FN3O2/c1-7(13-8(2)18-20-9(13)3)17-14(19)11-5-4-10(16)6-12(11)15/h4-7H,16H2,1-3H3,(H,17,19). The Bertz CT molecular complexity index is 632. The molecule has 0 bridgehead atoms. The lowest BCUT2D eigenvalue weighted by Crippen LogP contribution is -2.28. The van der Waals surface area contributed by atoms with E-state index in [1.165, 1.54) is 12.1 Å². The number of carbonyl (C=O) groups excluding carboxylic acids is 1. The lowest BCUT2D eigenvalue weighted by Gasteiger charge is -2.14. The number of carbonyl (C=O) groups is 1. The molecule has 0 aliphatic carbocycles. The molecule has 2 aromatic rings. The van der Waals surface area contributed by atoms with E-state index in [1.54, 1.807) is 20.8 Å². The van der Waals surface area contributed by atoms with Crippen LogP contribution in [0.25, 0.3) is 0 Å². The third-order valence-corrected chi connectivity index (χ3v) is 3.11. The molecule has 2 rings (SSSR count). The van der Waals surface area contributed by atoms with E-state index in [4.69, 9.17) is 10.3 Å². The Labute approximate surface area is 115 Å². The maximum Gasteiger partial charge on any atom is 0.254 e. The van der Waals surface area contributed by atoms with Gasteiger partial charge in [0.1, 0.15) is 11.6 Å². The molecule has 1 aromatic carbocycles. The SMILES string of the molecule is Cc1noc(C)c1C(C)NC(=O)c1ccc(N)cc1F. The molecule has 1 aromatic heterocycles. The molecule has 0 fully saturated rings. The Kier molecular flexibility index (Phi) is 3.74. The van der Waals surface area contributed by atoms with Gasteiger partial charge >= 0.3 is 0 Å². The summed E-state index contributed by atoms with van der Waals surface area (Å²) in [4.78, 5) is 12.1. The summed E-state index contributed by atoms with van der Waals surface area (Å²) in [6, 6.07) is 3.64. The molecular weight excluding hydrogens is 261 g/mol. The number of hydrogen-bond donors (Lipinski definition) is 2. The van der Waals surface area contributed by atoms with Crippen molar-refractivity contribution < 1.29 is 13.7 Å². The first-order chi connectivity index (χ1) is 9.40. The fourth-order valence-electron chi connectivity index (χ4n) is 2.17. The number of rotatable bonds is 3. The summed E-state index contributed by atoms with van der Waals surface area (Å²) in [5.74, 6) is -0.517. The molecule has 0 saturated carbocycles. The lowest BCUT2D eigenvalue weighted by atomic mass is 10.1. The van der Waals surface area contributed by atoms with E-state index in [9.17, 15) is 9.18 Å². The number of halogens is 1. The van der Waals surface area contributed by atoms with E-state index in [0.717, 1.165) is 11.6 Å². The van der Waals surface area contributed by atoms with Crippen molar-refractivity contribution in [2.45, 2.75) is 26.8 Å². The predicted molar refractivity (Wildman–Crippen MR) is 72.7 cm³/mol. The Balaban J connectivity index is 2.19. The molecule has 0 aliphatic heterocycles. The molecule has 20 heavy (non-hydrogen) atoms. The number of anilines is 1. The van der Waals surface area contributed by atoms with Gasteiger partial charge in [-0.15, -0.1) is 0 Å². The summed E-state index contributed by atoms with van der Waals surface area (Å²) in [6.45, 7) is 5.35. The van der Waals surface area contributed by atoms with Crippen LogP contribution in [-0.4, -0.2) is 11.1 Å². The lowest BCUT2D eigenvalue weighted by molar-refractivity contribution is 0.0935. The van der Waals surface area contributed by atoms with E-state index >= 15 is 0 Å². The summed E-state index contributed by atoms with van der Waals surface area (Å²) in [6.07, 6.45) is 0. The number of nitrogens with one attached hydrogen (secondary N) is 1. The van der Waals surface area contributed by atoms with Crippen LogP contribution < -0.4 is 11.1 Å². The molecule has 0 spiro atoms. The van der Waals surface area contributed by atoms with Crippen molar-refractivity contribution in [2.75, 3.05) is 5.73 Å². The molecule has 6 heteroatoms. The van der Waals surface area contributed by atoms with E-state index in [1.807, 2.05) is 0 Å². The maximum absolute atomic E-state index is 13.7. The van der Waals surface area contributed by atoms with Crippen molar-refractivity contribution in [1.82, 2.24) is 10.5 Å². The van der Waals surface area contributed by atoms with Gasteiger partial charge in [-0.05, 0) is 39.0 Å². The number of nitrogens with two attached hydrogens (primary N) is 1. The van der Waals surface area contributed by atoms with E-state index in [-0.39, 0.29) is 17.3 Å². The molecule has 106 valence electrons. The summed E-state index contributed by atoms with van der Waals surface area (Å²) in [7, 11) is 0. The second-order valence-corrected chi connectivity index (χ2v) is 4.67. The first kappa shape index (κ1) is 14.0. The Morgan fingerprint density at radius 2 is 2.15 bits per heavy atom. The van der Waals surface area contributed by atoms with Crippen LogP contribution in [0.15, 0.2) is 22.7 Å². The van der Waals surface area contributed by atoms with Crippen molar-refractivity contribution in [1.29, 1.82) is 0 Å². The van der Waals surface area contributed by atoms with E-state index in [0.29, 0.717) is 11.5 Å². The normalized spacial score (nSPS) is 12.2. The van der Waals surface area contributed by atoms with Gasteiger partial charge in [-0.1, -0.05) is 5.16 Å². The van der Waals surface area contributed by atoms with Crippen LogP contribution >= 0.6 is 0 Å². The monoisotopic (exact) mass is 277 g/mol. The van der Waals surface area contributed by atoms with Gasteiger partial charge in [0.05, 0.1) is 17.3 Å². The summed E-state index contributed by atoms with van der Waals surface area (Å²) >= 11 is 0. The summed E-state index contributed by atoms with van der Waals surface area (Å²) < 4.78 is 18.7. The summed E-state index contributed by atoms with van der Waals surface area (Å²) in [5.41, 5.74) is 7.19. The second kappa shape index (κ2) is 5.32. The van der Waals surface area contributed by atoms with Gasteiger partial charge in [0, 0.05) is 11.3 Å². The van der Waals surface area contributed by atoms with Crippen molar-refractivity contribution in [3.8, 4) is 0 Å². The third-order valence-electron chi connectivity index (χ3n) is 3.11. The quantitative estimate of drug-likeness (QED) is 0.845. The van der Waals surface area contributed by atoms with Crippen LogP contribution in [0.2, 0.25) is 0 Å². The van der Waals surface area contributed by atoms with Crippen LogP contribution in [0.5, 0.6) is 0 Å². The molecule has 1 amide bonds. The van der Waals surface area contributed by atoms with Crippen LogP contribution in [0, 0.1) is 19.7 Å². The van der Waals surface area contributed by atoms with Crippen LogP contribution in [-0.2, 0) is 0 Å². The molecule has 1 unspecified atom stereocenters. The van der Waals surface area contributed by atoms with Crippen LogP contribution in [0.1, 0.15) is 40.3 Å². The number of aryl methyl sites for hydroxylation is 2. The van der Waals surface area contributed by atoms with Crippen molar-refractivity contribution >= 4 is 11.6 Å². The highest BCUT2D eigenvalue weighted by atomic mass is 19.1. The predicted octanol–water partition coefficient (Wildman–Crippen LogP) is 2.50. The van der Waals surface area contributed by atoms with Gasteiger partial charge in [-0.3, -0.25) is 4.79 Å². The zero-order valence-corrected chi connectivity index (χ0v) is 11.5. The highest BCUT2D eigenvalue weighted by molar-refractivity contribution is 5.95. The van der Waals surface area contributed by atoms with Gasteiger partial charge in [-0.25, -0.2) is 4.39 Å². The van der Waals surface area contributed by atoms with Crippen LogP contribution in [0.3, 0.4) is 0 Å². The van der Waals surface area contributed by atoms with Crippen molar-refractivity contribution in [3.05, 3.63) is 46.6 Å². The average molecular weight is 277 g/mol. The van der Waals surface area contributed by atoms with E-state index in [2.05, 4.69) is 10.5 Å². The molecule has 0 radical (unpaired) electrons. The largest absolute Gasteiger partial charge is 0.399 e. The smallest absolute Gasteiger partial charge is 0.254 e. The molecule has 1 atom stereocenters. The number of aromatic nitrogens is 1. The highest BCUT2D eigenvalue weighted by Crippen LogP contribution is 2.21. The Hall–Kier alpha value is -2.37. The van der Waals surface area contributed by atoms with Gasteiger partial charge in [-0.2, -0.15) is 0 Å². The zero-order chi connectivity index (χ0) is 14.9. The average Bonchev–Trinajstić information content (AvgIpc) is 2.68. The highest BCUT2D eigenvalue weighted by Gasteiger charge is 2.20. The minimum atomic E-state index is -0.645. The van der Waals surface area contributed by atoms with E-state index < -0.39 is 11.7 Å². The molecular formula is C14H16FN3O2. The third kappa shape index (κ3) is 2.64. The fraction of sp³-hybridized carbons (Fsp3) is 0.286. The minimum Gasteiger partial charge on any atom is -0.399 e. The summed E-state index contributed by atoms with van der Waals surface area (Å²) in [5, 5.41) is 6.55. The molecule has 0 aliphatic rings. The van der Waals surface area contributed by atoms with Gasteiger partial charge in [0.2, 0.25) is 0 Å². The number of nitrogens with zero attached hydrogens (tertiary/aromatic N) is 1. The fourth-order valence-corrected chi connectivity index (χ4v) is 2.17. The zero-order valence-electron chi connectivity index (χ0n) is 11.5. The number of hydrogen-bond acceptors (Lipinski definition) is 4. The second-order valence-electron chi connectivity index (χ2n) is 4.67. The number of benzene rings is 1. The molecule has 3 N–H and O–H groups in total. The maximum atomic E-state index is 13.7. The molecule has 1 heterocycles. The first-order valence-corrected chi connectivity index (χ1v) is 6.18. The molecule has 0 saturated heterocycles. The van der Waals surface area contributed by atoms with Gasteiger partial charge < -0.3 is 15.6 Å². The Morgan fingerprint density at radius 1 is 1.45 bits per heavy atom. The van der Waals surface area contributed by atoms with Crippen LogP contribution in [0.4, 0.5) is 10.1 Å². The number of amides is 1. The van der Waals surface area contributed by atoms with Gasteiger partial charge in [0.25, 0.3) is 5.91 Å². The number of nitrogen functional groups attached to an aromatic ring is 1. The Morgan fingerprint density at radius 3 is 2.70 bits per heavy atom. The molecule has 5 nitrogen and oxygen atoms in total.